The standard InChI is InChI=1S/C27H20F3N3O5S.3FH/c28-27(29,30)39(37,38)21-11-7-19(8-12-21)33-25(35)24(15-17-5-9-20(34)10-6-17)32(26(33)36)16-18-13-14-31-23-4-2-1-3-22(18)23;;;/h1-14,24,34H,15-16H2;3*1H/t24-;;;/m1.../s1. The molecule has 1 saturated heterocycles. The molecule has 0 radical (unpaired) electrons. The van der Waals surface area contributed by atoms with Gasteiger partial charge in [-0.3, -0.25) is 23.9 Å². The number of phenols is 1. The summed E-state index contributed by atoms with van der Waals surface area (Å²) in [5.41, 5.74) is -3.47. The van der Waals surface area contributed by atoms with Gasteiger partial charge in [0.15, 0.2) is 0 Å². The number of para-hydroxylation sites is 1. The van der Waals surface area contributed by atoms with Crippen LogP contribution >= 0.6 is 0 Å². The first-order chi connectivity index (χ1) is 18.5. The first kappa shape index (κ1) is 33.5. The van der Waals surface area contributed by atoms with E-state index in [2.05, 4.69) is 4.98 Å². The molecule has 0 aliphatic carbocycles. The molecule has 0 spiro atoms. The number of aromatic hydroxyl groups is 1. The van der Waals surface area contributed by atoms with Crippen LogP contribution in [0.25, 0.3) is 10.9 Å². The van der Waals surface area contributed by atoms with Crippen molar-refractivity contribution in [3.8, 4) is 5.75 Å². The summed E-state index contributed by atoms with van der Waals surface area (Å²) in [5.74, 6) is -0.596. The predicted molar refractivity (Wildman–Crippen MR) is 143 cm³/mol. The number of hydrogen-bond acceptors (Lipinski definition) is 6. The normalized spacial score (nSPS) is 15.2. The molecule has 4 aromatic rings. The summed E-state index contributed by atoms with van der Waals surface area (Å²) in [4.78, 5) is 32.7. The summed E-state index contributed by atoms with van der Waals surface area (Å²) in [5, 5.41) is 10.4. The third-order valence-electron chi connectivity index (χ3n) is 6.47. The van der Waals surface area contributed by atoms with E-state index in [1.165, 1.54) is 17.0 Å². The highest BCUT2D eigenvalue weighted by Gasteiger charge is 2.48. The molecule has 3 amide bonds. The van der Waals surface area contributed by atoms with Crippen LogP contribution in [0.2, 0.25) is 0 Å². The number of sulfone groups is 1. The number of alkyl halides is 3. The fourth-order valence-electron chi connectivity index (χ4n) is 4.49. The quantitative estimate of drug-likeness (QED) is 0.234. The van der Waals surface area contributed by atoms with Crippen LogP contribution in [0.4, 0.5) is 37.8 Å². The van der Waals surface area contributed by atoms with E-state index in [0.717, 1.165) is 28.0 Å². The van der Waals surface area contributed by atoms with Crippen LogP contribution in [0.3, 0.4) is 0 Å². The van der Waals surface area contributed by atoms with E-state index < -0.39 is 38.2 Å². The lowest BCUT2D eigenvalue weighted by atomic mass is 10.0. The van der Waals surface area contributed by atoms with Crippen LogP contribution in [0.1, 0.15) is 11.1 Å². The molecule has 3 aromatic carbocycles. The first-order valence-electron chi connectivity index (χ1n) is 11.6. The number of imide groups is 1. The van der Waals surface area contributed by atoms with E-state index in [1.54, 1.807) is 24.4 Å². The fraction of sp³-hybridized carbons (Fsp3) is 0.148. The van der Waals surface area contributed by atoms with E-state index >= 15 is 0 Å². The van der Waals surface area contributed by atoms with Crippen molar-refractivity contribution in [1.82, 2.24) is 9.88 Å². The van der Waals surface area contributed by atoms with Gasteiger partial charge in [-0.15, -0.1) is 0 Å². The largest absolute Gasteiger partial charge is 0.508 e. The van der Waals surface area contributed by atoms with E-state index in [9.17, 15) is 36.3 Å². The molecule has 5 rings (SSSR count). The maximum Gasteiger partial charge on any atom is 0.501 e. The highest BCUT2D eigenvalue weighted by molar-refractivity contribution is 7.92. The molecule has 224 valence electrons. The Hall–Kier alpha value is -4.66. The van der Waals surface area contributed by atoms with Gasteiger partial charge in [-0.05, 0) is 59.7 Å². The molecule has 1 aliphatic heterocycles. The summed E-state index contributed by atoms with van der Waals surface area (Å²) in [6.07, 6.45) is 1.69. The molecule has 0 bridgehead atoms. The maximum atomic E-state index is 13.6. The molecule has 1 atom stereocenters. The lowest BCUT2D eigenvalue weighted by molar-refractivity contribution is -0.119. The molecule has 1 aliphatic rings. The lowest BCUT2D eigenvalue weighted by Crippen LogP contribution is -2.36. The SMILES string of the molecule is F.F.F.O=C1[C@@H](Cc2ccc(O)cc2)N(Cc2ccnc3ccccc23)C(=O)N1c1ccc(S(=O)(=O)C(F)(F)F)cc1. The predicted octanol–water partition coefficient (Wildman–Crippen LogP) is 5.27. The van der Waals surface area contributed by atoms with Gasteiger partial charge >= 0.3 is 11.5 Å². The van der Waals surface area contributed by atoms with Crippen molar-refractivity contribution in [1.29, 1.82) is 0 Å². The zero-order valence-corrected chi connectivity index (χ0v) is 22.1. The zero-order valence-electron chi connectivity index (χ0n) is 21.3. The molecule has 1 N–H and O–H groups in total. The van der Waals surface area contributed by atoms with Gasteiger partial charge in [-0.25, -0.2) is 18.1 Å². The number of carbonyl (C=O) groups excluding carboxylic acids is 2. The van der Waals surface area contributed by atoms with Gasteiger partial charge in [-0.2, -0.15) is 13.2 Å². The molecule has 42 heavy (non-hydrogen) atoms. The van der Waals surface area contributed by atoms with Crippen molar-refractivity contribution in [2.75, 3.05) is 4.90 Å². The van der Waals surface area contributed by atoms with Crippen molar-refractivity contribution in [3.63, 3.8) is 0 Å². The minimum Gasteiger partial charge on any atom is -0.508 e. The third-order valence-corrected chi connectivity index (χ3v) is 7.98. The highest BCUT2D eigenvalue weighted by atomic mass is 32.2. The van der Waals surface area contributed by atoms with Crippen LogP contribution in [0.15, 0.2) is 90.0 Å². The minimum absolute atomic E-state index is 0. The number of halogens is 6. The van der Waals surface area contributed by atoms with Crippen LogP contribution in [-0.4, -0.2) is 46.9 Å². The minimum atomic E-state index is -5.60. The first-order valence-corrected chi connectivity index (χ1v) is 13.1. The topological polar surface area (TPSA) is 108 Å². The Labute approximate surface area is 235 Å². The second-order valence-electron chi connectivity index (χ2n) is 8.90. The number of anilines is 1. The average Bonchev–Trinajstić information content (AvgIpc) is 3.13. The van der Waals surface area contributed by atoms with Crippen LogP contribution in [0.5, 0.6) is 5.75 Å². The van der Waals surface area contributed by atoms with Crippen LogP contribution < -0.4 is 4.90 Å². The Kier molecular flexibility index (Phi) is 9.96. The highest BCUT2D eigenvalue weighted by Crippen LogP contribution is 2.34. The van der Waals surface area contributed by atoms with Gasteiger partial charge in [0, 0.05) is 24.5 Å². The number of amides is 3. The maximum absolute atomic E-state index is 13.6. The van der Waals surface area contributed by atoms with E-state index in [0.29, 0.717) is 23.2 Å². The molecule has 0 unspecified atom stereocenters. The fourth-order valence-corrected chi connectivity index (χ4v) is 5.25. The number of rotatable bonds is 6. The average molecular weight is 616 g/mol. The van der Waals surface area contributed by atoms with Crippen molar-refractivity contribution in [2.45, 2.75) is 29.4 Å². The number of aromatic nitrogens is 1. The van der Waals surface area contributed by atoms with E-state index in [4.69, 9.17) is 0 Å². The summed E-state index contributed by atoms with van der Waals surface area (Å²) in [6.45, 7) is 0.0351. The molecule has 0 saturated carbocycles. The molecular weight excluding hydrogens is 592 g/mol. The molecule has 2 heterocycles. The number of pyridine rings is 1. The monoisotopic (exact) mass is 615 g/mol. The Bertz CT molecular complexity index is 1680. The Balaban J connectivity index is 0.00000205. The van der Waals surface area contributed by atoms with Crippen LogP contribution in [0, 0.1) is 0 Å². The summed E-state index contributed by atoms with van der Waals surface area (Å²) in [6, 6.07) is 16.9. The van der Waals surface area contributed by atoms with Gasteiger partial charge in [0.1, 0.15) is 11.8 Å². The Morgan fingerprint density at radius 1 is 0.857 bits per heavy atom. The summed E-state index contributed by atoms with van der Waals surface area (Å²) >= 11 is 0. The van der Waals surface area contributed by atoms with Gasteiger partial charge in [0.05, 0.1) is 16.1 Å². The van der Waals surface area contributed by atoms with Crippen molar-refractivity contribution < 1.29 is 50.4 Å². The van der Waals surface area contributed by atoms with Gasteiger partial charge in [0.25, 0.3) is 15.7 Å². The number of benzene rings is 3. The number of carbonyl (C=O) groups is 2. The number of nitrogens with zero attached hydrogens (tertiary/aromatic N) is 3. The number of urea groups is 1. The second-order valence-corrected chi connectivity index (χ2v) is 10.8. The molecule has 8 nitrogen and oxygen atoms in total. The smallest absolute Gasteiger partial charge is 0.501 e. The third kappa shape index (κ3) is 6.00. The summed E-state index contributed by atoms with van der Waals surface area (Å²) in [7, 11) is -5.60. The molecule has 15 heteroatoms. The van der Waals surface area contributed by atoms with Gasteiger partial charge in [-0.1, -0.05) is 30.3 Å². The zero-order chi connectivity index (χ0) is 27.9. The number of hydrogen-bond donors (Lipinski definition) is 1. The number of phenolic OH excluding ortho intramolecular Hbond substituents is 1. The van der Waals surface area contributed by atoms with Crippen molar-refractivity contribution in [2.24, 2.45) is 0 Å². The van der Waals surface area contributed by atoms with E-state index in [1.807, 2.05) is 24.3 Å². The molecular formula is C27H23F6N3O5S. The van der Waals surface area contributed by atoms with Crippen molar-refractivity contribution >= 4 is 38.4 Å². The van der Waals surface area contributed by atoms with Gasteiger partial charge < -0.3 is 10.0 Å². The second kappa shape index (κ2) is 12.5. The molecule has 1 aromatic heterocycles. The number of fused-ring (bicyclic) bond motifs is 1. The van der Waals surface area contributed by atoms with E-state index in [-0.39, 0.29) is 38.5 Å². The Morgan fingerprint density at radius 2 is 1.48 bits per heavy atom. The Morgan fingerprint density at radius 3 is 2.10 bits per heavy atom. The van der Waals surface area contributed by atoms with Gasteiger partial charge in [0.2, 0.25) is 0 Å². The summed E-state index contributed by atoms with van der Waals surface area (Å²) < 4.78 is 62.4. The van der Waals surface area contributed by atoms with Crippen molar-refractivity contribution in [3.05, 3.63) is 96.2 Å². The lowest BCUT2D eigenvalue weighted by Gasteiger charge is -2.23. The molecule has 1 fully saturated rings. The van der Waals surface area contributed by atoms with Crippen LogP contribution in [-0.2, 0) is 27.6 Å².